The topological polar surface area (TPSA) is 193 Å². The fourth-order valence-electron chi connectivity index (χ4n) is 8.69. The Morgan fingerprint density at radius 3 is 1.93 bits per heavy atom. The van der Waals surface area contributed by atoms with Crippen molar-refractivity contribution in [2.45, 2.75) is 76.3 Å². The number of anilines is 2. The molecule has 0 spiro atoms. The highest BCUT2D eigenvalue weighted by atomic mass is 31.2. The van der Waals surface area contributed by atoms with E-state index in [1.165, 1.54) is 12.7 Å². The molecule has 2 amide bonds. The Labute approximate surface area is 420 Å². The summed E-state index contributed by atoms with van der Waals surface area (Å²) < 4.78 is 49.7. The first-order chi connectivity index (χ1) is 35.0. The van der Waals surface area contributed by atoms with Gasteiger partial charge < -0.3 is 38.0 Å². The third kappa shape index (κ3) is 11.4. The van der Waals surface area contributed by atoms with Gasteiger partial charge in [0.2, 0.25) is 0 Å². The molecular formula is C54H57N8O9P. The predicted octanol–water partition coefficient (Wildman–Crippen LogP) is 10.3. The molecule has 2 aromatic heterocycles. The van der Waals surface area contributed by atoms with E-state index < -0.39 is 50.7 Å². The van der Waals surface area contributed by atoms with E-state index in [-0.39, 0.29) is 48.7 Å². The Bertz CT molecular complexity index is 2850. The number of rotatable bonds is 21. The number of carbonyl (C=O) groups excluding carboxylic acids is 2. The lowest BCUT2D eigenvalue weighted by Gasteiger charge is -2.39. The van der Waals surface area contributed by atoms with Gasteiger partial charge in [-0.25, -0.2) is 24.4 Å². The highest BCUT2D eigenvalue weighted by molar-refractivity contribution is 7.44. The maximum absolute atomic E-state index is 14.3. The zero-order valence-corrected chi connectivity index (χ0v) is 41.7. The minimum atomic E-state index is -1.97. The fourth-order valence-corrected chi connectivity index (χ4v) is 10.5. The molecule has 7 aromatic rings. The fraction of sp³-hybridized carbons (Fsp3) is 0.296. The van der Waals surface area contributed by atoms with Gasteiger partial charge in [0.05, 0.1) is 46.3 Å². The highest BCUT2D eigenvalue weighted by Crippen LogP contribution is 2.52. The second kappa shape index (κ2) is 23.7. The van der Waals surface area contributed by atoms with Crippen LogP contribution in [0.1, 0.15) is 67.4 Å². The normalized spacial score (nSPS) is 17.2. The Balaban J connectivity index is 1.28. The summed E-state index contributed by atoms with van der Waals surface area (Å²) in [6, 6.07) is 44.8. The maximum atomic E-state index is 14.3. The molecule has 1 aliphatic heterocycles. The molecule has 0 saturated carbocycles. The van der Waals surface area contributed by atoms with Gasteiger partial charge in [-0.2, -0.15) is 5.26 Å². The van der Waals surface area contributed by atoms with Crippen LogP contribution in [0.2, 0.25) is 0 Å². The van der Waals surface area contributed by atoms with Crippen molar-refractivity contribution in [3.05, 3.63) is 174 Å². The van der Waals surface area contributed by atoms with Crippen molar-refractivity contribution in [1.82, 2.24) is 24.2 Å². The van der Waals surface area contributed by atoms with Crippen LogP contribution in [0.25, 0.3) is 11.2 Å². The second-order valence-corrected chi connectivity index (χ2v) is 18.6. The number of aromatic nitrogens is 4. The predicted molar refractivity (Wildman–Crippen MR) is 272 cm³/mol. The van der Waals surface area contributed by atoms with Gasteiger partial charge in [-0.1, -0.05) is 91.0 Å². The van der Waals surface area contributed by atoms with E-state index in [1.807, 2.05) is 119 Å². The minimum absolute atomic E-state index is 0.0724. The maximum Gasteiger partial charge on any atom is 0.412 e. The molecule has 2 N–H and O–H groups in total. The van der Waals surface area contributed by atoms with Gasteiger partial charge in [-0.15, -0.1) is 0 Å². The number of hydrogen-bond acceptors (Lipinski definition) is 14. The summed E-state index contributed by atoms with van der Waals surface area (Å²) in [5.41, 5.74) is 2.50. The average molecular weight is 993 g/mol. The first kappa shape index (κ1) is 51.1. The van der Waals surface area contributed by atoms with Crippen LogP contribution >= 0.6 is 8.53 Å². The molecule has 5 aromatic carbocycles. The van der Waals surface area contributed by atoms with Crippen LogP contribution < -0.4 is 20.1 Å². The molecule has 72 heavy (non-hydrogen) atoms. The standard InChI is InChI=1S/C54H57N8O9P/c1-36(2)62(37(3)4)72(68-32-16-31-55)71-47-45(33-67-54(39-19-12-8-13-20-39,40-23-27-43(65-5)28-24-40)41-25-29-44(66-6)30-26-41)69-52(48(47)70-53(64)59-42-21-14-9-15-22-42)61-35-58-46-49(56-34-57-50(46)61)60-51(63)38-17-10-7-11-18-38/h7-15,17-30,34-37,45,47-48,52H,16,32-33H2,1-6H3,(H,59,64)(H,56,57,60,63)/t45-,47-,48-,52-,72?/m1/s1. The van der Waals surface area contributed by atoms with Crippen LogP contribution in [0.3, 0.4) is 0 Å². The Morgan fingerprint density at radius 2 is 1.35 bits per heavy atom. The van der Waals surface area contributed by atoms with E-state index in [0.717, 1.165) is 16.7 Å². The number of imidazole rings is 1. The largest absolute Gasteiger partial charge is 0.497 e. The van der Waals surface area contributed by atoms with Crippen molar-refractivity contribution in [2.75, 3.05) is 38.1 Å². The van der Waals surface area contributed by atoms with E-state index in [0.29, 0.717) is 22.7 Å². The lowest BCUT2D eigenvalue weighted by atomic mass is 9.80. The summed E-state index contributed by atoms with van der Waals surface area (Å²) in [4.78, 5) is 41.4. The number of para-hydroxylation sites is 1. The molecule has 1 aliphatic rings. The lowest BCUT2D eigenvalue weighted by Crippen LogP contribution is -2.43. The Hall–Kier alpha value is -7.29. The third-order valence-electron chi connectivity index (χ3n) is 12.0. The van der Waals surface area contributed by atoms with Gasteiger partial charge in [0.25, 0.3) is 14.4 Å². The first-order valence-electron chi connectivity index (χ1n) is 23.5. The van der Waals surface area contributed by atoms with Gasteiger partial charge in [0.15, 0.2) is 29.3 Å². The van der Waals surface area contributed by atoms with Crippen LogP contribution in [-0.4, -0.2) is 94.0 Å². The quantitative estimate of drug-likeness (QED) is 0.0392. The van der Waals surface area contributed by atoms with Crippen LogP contribution in [-0.2, 0) is 28.9 Å². The molecule has 3 heterocycles. The van der Waals surface area contributed by atoms with Gasteiger partial charge in [-0.05, 0) is 92.9 Å². The number of fused-ring (bicyclic) bond motifs is 1. The number of nitrogens with one attached hydrogen (secondary N) is 2. The molecule has 8 rings (SSSR count). The summed E-state index contributed by atoms with van der Waals surface area (Å²) in [5.74, 6) is 1.07. The molecule has 372 valence electrons. The van der Waals surface area contributed by atoms with Gasteiger partial charge in [0.1, 0.15) is 35.6 Å². The van der Waals surface area contributed by atoms with Crippen molar-refractivity contribution >= 4 is 43.2 Å². The number of carbonyl (C=O) groups is 2. The molecule has 0 aliphatic carbocycles. The minimum Gasteiger partial charge on any atom is -0.497 e. The van der Waals surface area contributed by atoms with Crippen molar-refractivity contribution in [3.8, 4) is 17.6 Å². The zero-order valence-electron chi connectivity index (χ0n) is 40.8. The highest BCUT2D eigenvalue weighted by Gasteiger charge is 2.53. The molecule has 5 atom stereocenters. The Kier molecular flexibility index (Phi) is 16.8. The molecule has 0 bridgehead atoms. The van der Waals surface area contributed by atoms with Gasteiger partial charge in [-0.3, -0.25) is 14.7 Å². The second-order valence-electron chi connectivity index (χ2n) is 17.2. The SMILES string of the molecule is COc1ccc(C(OC[C@H]2O[C@@H](n3cnc4c(NC(=O)c5ccccc5)ncnc43)[C@H](OC(=O)Nc3ccccc3)[C@@H]2OP(OCCC#N)N(C(C)C)C(C)C)(c2ccccc2)c2ccc(OC)cc2)cc1. The van der Waals surface area contributed by atoms with Gasteiger partial charge >= 0.3 is 6.09 Å². The third-order valence-corrected chi connectivity index (χ3v) is 14.1. The summed E-state index contributed by atoms with van der Waals surface area (Å²) in [6.45, 7) is 8.05. The van der Waals surface area contributed by atoms with E-state index in [9.17, 15) is 14.9 Å². The van der Waals surface area contributed by atoms with Crippen LogP contribution in [0.15, 0.2) is 152 Å². The van der Waals surface area contributed by atoms with Crippen LogP contribution in [0.4, 0.5) is 16.3 Å². The molecular weight excluding hydrogens is 936 g/mol. The Morgan fingerprint density at radius 1 is 0.764 bits per heavy atom. The van der Waals surface area contributed by atoms with Crippen molar-refractivity contribution in [1.29, 1.82) is 5.26 Å². The number of amides is 2. The van der Waals surface area contributed by atoms with Crippen LogP contribution in [0, 0.1) is 11.3 Å². The molecule has 1 saturated heterocycles. The number of hydrogen-bond donors (Lipinski definition) is 2. The summed E-state index contributed by atoms with van der Waals surface area (Å²) in [5, 5.41) is 15.4. The number of ether oxygens (including phenoxy) is 5. The first-order valence-corrected chi connectivity index (χ1v) is 24.6. The number of benzene rings is 5. The summed E-state index contributed by atoms with van der Waals surface area (Å²) in [7, 11) is 1.25. The number of nitriles is 1. The van der Waals surface area contributed by atoms with E-state index in [1.54, 1.807) is 67.3 Å². The van der Waals surface area contributed by atoms with E-state index >= 15 is 0 Å². The van der Waals surface area contributed by atoms with Gasteiger partial charge in [0, 0.05) is 23.3 Å². The molecule has 17 nitrogen and oxygen atoms in total. The molecule has 0 radical (unpaired) electrons. The average Bonchev–Trinajstić information content (AvgIpc) is 3.98. The summed E-state index contributed by atoms with van der Waals surface area (Å²) in [6.07, 6.45) is -2.40. The monoisotopic (exact) mass is 992 g/mol. The zero-order chi connectivity index (χ0) is 50.6. The van der Waals surface area contributed by atoms with Crippen molar-refractivity contribution in [3.63, 3.8) is 0 Å². The van der Waals surface area contributed by atoms with Crippen molar-refractivity contribution in [2.24, 2.45) is 0 Å². The summed E-state index contributed by atoms with van der Waals surface area (Å²) >= 11 is 0. The number of methoxy groups -OCH3 is 2. The molecule has 1 fully saturated rings. The van der Waals surface area contributed by atoms with Crippen molar-refractivity contribution < 1.29 is 42.3 Å². The number of nitrogens with zero attached hydrogens (tertiary/aromatic N) is 6. The molecule has 18 heteroatoms. The smallest absolute Gasteiger partial charge is 0.412 e. The van der Waals surface area contributed by atoms with Crippen LogP contribution in [0.5, 0.6) is 11.5 Å². The molecule has 1 unspecified atom stereocenters. The van der Waals surface area contributed by atoms with E-state index in [4.69, 9.17) is 37.7 Å². The van der Waals surface area contributed by atoms with E-state index in [2.05, 4.69) is 31.3 Å². The lowest BCUT2D eigenvalue weighted by molar-refractivity contribution is -0.0929.